The van der Waals surface area contributed by atoms with Crippen molar-refractivity contribution in [3.63, 3.8) is 0 Å². The van der Waals surface area contributed by atoms with E-state index in [0.717, 1.165) is 34.4 Å². The van der Waals surface area contributed by atoms with Crippen LogP contribution in [-0.4, -0.2) is 42.2 Å². The molecular formula is C20H16F2N2O4S. The first-order valence-corrected chi connectivity index (χ1v) is 9.33. The lowest BCUT2D eigenvalue weighted by Gasteiger charge is -2.13. The number of rotatable bonds is 6. The Kier molecular flexibility index (Phi) is 6.28. The zero-order valence-electron chi connectivity index (χ0n) is 15.3. The molecule has 9 heteroatoms. The minimum absolute atomic E-state index is 0.0660. The van der Waals surface area contributed by atoms with Gasteiger partial charge >= 0.3 is 0 Å². The molecule has 1 fully saturated rings. The number of nitrogens with one attached hydrogen (secondary N) is 1. The van der Waals surface area contributed by atoms with Gasteiger partial charge in [-0.05, 0) is 47.7 Å². The van der Waals surface area contributed by atoms with Gasteiger partial charge in [-0.3, -0.25) is 19.3 Å². The number of carbonyl (C=O) groups excluding carboxylic acids is 3. The predicted octanol–water partition coefficient (Wildman–Crippen LogP) is 3.44. The van der Waals surface area contributed by atoms with Gasteiger partial charge in [0.1, 0.15) is 17.4 Å². The molecule has 0 aliphatic carbocycles. The Hall–Kier alpha value is -3.20. The Bertz CT molecular complexity index is 992. The maximum atomic E-state index is 13.6. The number of hydrogen-bond acceptors (Lipinski definition) is 5. The number of halogens is 2. The second kappa shape index (κ2) is 8.87. The molecule has 2 aromatic carbocycles. The lowest BCUT2D eigenvalue weighted by atomic mass is 10.2. The van der Waals surface area contributed by atoms with Crippen LogP contribution in [0.4, 0.5) is 13.6 Å². The summed E-state index contributed by atoms with van der Waals surface area (Å²) in [7, 11) is 1.55. The van der Waals surface area contributed by atoms with Crippen molar-refractivity contribution in [3.05, 3.63) is 70.1 Å². The largest absolute Gasteiger partial charge is 0.497 e. The van der Waals surface area contributed by atoms with Gasteiger partial charge in [0.15, 0.2) is 0 Å². The van der Waals surface area contributed by atoms with Gasteiger partial charge in [0.2, 0.25) is 0 Å². The van der Waals surface area contributed by atoms with E-state index in [1.54, 1.807) is 37.5 Å². The maximum absolute atomic E-state index is 13.6. The summed E-state index contributed by atoms with van der Waals surface area (Å²) in [6.45, 7) is -0.136. The van der Waals surface area contributed by atoms with Crippen molar-refractivity contribution in [2.75, 3.05) is 20.2 Å². The molecule has 0 radical (unpaired) electrons. The van der Waals surface area contributed by atoms with Crippen LogP contribution >= 0.6 is 11.8 Å². The number of ether oxygens (including phenoxy) is 1. The van der Waals surface area contributed by atoms with Gasteiger partial charge in [-0.2, -0.15) is 0 Å². The summed E-state index contributed by atoms with van der Waals surface area (Å²) >= 11 is 0.799. The van der Waals surface area contributed by atoms with Crippen LogP contribution in [0.2, 0.25) is 0 Å². The lowest BCUT2D eigenvalue weighted by molar-refractivity contribution is -0.122. The average molecular weight is 418 g/mol. The molecule has 3 amide bonds. The molecule has 0 saturated carbocycles. The van der Waals surface area contributed by atoms with Gasteiger partial charge in [0.25, 0.3) is 17.1 Å². The van der Waals surface area contributed by atoms with Crippen molar-refractivity contribution < 1.29 is 27.9 Å². The molecule has 0 aromatic heterocycles. The van der Waals surface area contributed by atoms with Crippen LogP contribution in [0.25, 0.3) is 6.08 Å². The Labute approximate surface area is 169 Å². The summed E-state index contributed by atoms with van der Waals surface area (Å²) < 4.78 is 31.6. The third kappa shape index (κ3) is 4.80. The Morgan fingerprint density at radius 3 is 2.55 bits per heavy atom. The summed E-state index contributed by atoms with van der Waals surface area (Å²) in [5, 5.41) is 1.95. The fourth-order valence-corrected chi connectivity index (χ4v) is 3.46. The van der Waals surface area contributed by atoms with Crippen LogP contribution < -0.4 is 10.1 Å². The number of nitrogens with zero attached hydrogens (tertiary/aromatic N) is 1. The summed E-state index contributed by atoms with van der Waals surface area (Å²) in [4.78, 5) is 37.8. The molecule has 0 spiro atoms. The van der Waals surface area contributed by atoms with Crippen molar-refractivity contribution in [1.82, 2.24) is 10.2 Å². The second-order valence-corrected chi connectivity index (χ2v) is 6.98. The smallest absolute Gasteiger partial charge is 0.293 e. The van der Waals surface area contributed by atoms with Crippen LogP contribution in [0, 0.1) is 11.6 Å². The summed E-state index contributed by atoms with van der Waals surface area (Å²) in [6.07, 6.45) is 1.59. The number of benzene rings is 2. The third-order valence-electron chi connectivity index (χ3n) is 4.08. The van der Waals surface area contributed by atoms with Gasteiger partial charge < -0.3 is 10.1 Å². The van der Waals surface area contributed by atoms with Crippen molar-refractivity contribution in [3.8, 4) is 5.75 Å². The van der Waals surface area contributed by atoms with E-state index >= 15 is 0 Å². The quantitative estimate of drug-likeness (QED) is 0.728. The minimum Gasteiger partial charge on any atom is -0.497 e. The van der Waals surface area contributed by atoms with E-state index in [1.165, 1.54) is 0 Å². The molecule has 0 atom stereocenters. The van der Waals surface area contributed by atoms with E-state index in [9.17, 15) is 23.2 Å². The molecule has 1 N–H and O–H groups in total. The van der Waals surface area contributed by atoms with E-state index < -0.39 is 28.7 Å². The van der Waals surface area contributed by atoms with Crippen molar-refractivity contribution in [2.24, 2.45) is 0 Å². The molecule has 1 aliphatic heterocycles. The fraction of sp³-hybridized carbons (Fsp3) is 0.150. The molecule has 0 bridgehead atoms. The first kappa shape index (κ1) is 20.5. The standard InChI is InChI=1S/C20H16F2N2O4S/c1-28-14-5-2-12(3-6-14)10-17-19(26)24(20(27)29-17)9-8-23-18(25)15-7-4-13(21)11-16(15)22/h2-7,10-11H,8-9H2,1H3,(H,23,25). The highest BCUT2D eigenvalue weighted by Crippen LogP contribution is 2.32. The van der Waals surface area contributed by atoms with Crippen LogP contribution in [0.5, 0.6) is 5.75 Å². The average Bonchev–Trinajstić information content (AvgIpc) is 2.95. The highest BCUT2D eigenvalue weighted by Gasteiger charge is 2.34. The molecule has 150 valence electrons. The van der Waals surface area contributed by atoms with E-state index in [4.69, 9.17) is 4.74 Å². The zero-order chi connectivity index (χ0) is 21.0. The topological polar surface area (TPSA) is 75.7 Å². The first-order valence-electron chi connectivity index (χ1n) is 8.51. The molecule has 2 aromatic rings. The van der Waals surface area contributed by atoms with Crippen LogP contribution in [-0.2, 0) is 4.79 Å². The first-order chi connectivity index (χ1) is 13.9. The van der Waals surface area contributed by atoms with E-state index in [-0.39, 0.29) is 23.6 Å². The van der Waals surface area contributed by atoms with Gasteiger partial charge in [-0.15, -0.1) is 0 Å². The third-order valence-corrected chi connectivity index (χ3v) is 4.99. The van der Waals surface area contributed by atoms with E-state index in [0.29, 0.717) is 11.8 Å². The second-order valence-electron chi connectivity index (χ2n) is 5.99. The number of amides is 3. The maximum Gasteiger partial charge on any atom is 0.293 e. The fourth-order valence-electron chi connectivity index (χ4n) is 2.59. The van der Waals surface area contributed by atoms with E-state index in [1.807, 2.05) is 0 Å². The van der Waals surface area contributed by atoms with Crippen LogP contribution in [0.3, 0.4) is 0 Å². The summed E-state index contributed by atoms with van der Waals surface area (Å²) in [5.74, 6) is -2.35. The summed E-state index contributed by atoms with van der Waals surface area (Å²) in [5.41, 5.74) is 0.413. The van der Waals surface area contributed by atoms with Gasteiger partial charge in [0, 0.05) is 19.2 Å². The molecule has 3 rings (SSSR count). The van der Waals surface area contributed by atoms with Gasteiger partial charge in [-0.25, -0.2) is 8.78 Å². The zero-order valence-corrected chi connectivity index (χ0v) is 16.1. The predicted molar refractivity (Wildman–Crippen MR) is 104 cm³/mol. The van der Waals surface area contributed by atoms with E-state index in [2.05, 4.69) is 5.32 Å². The molecule has 0 unspecified atom stereocenters. The van der Waals surface area contributed by atoms with Crippen molar-refractivity contribution in [2.45, 2.75) is 0 Å². The Balaban J connectivity index is 1.60. The monoisotopic (exact) mass is 418 g/mol. The highest BCUT2D eigenvalue weighted by molar-refractivity contribution is 8.18. The van der Waals surface area contributed by atoms with Crippen molar-refractivity contribution >= 4 is 34.9 Å². The molecule has 6 nitrogen and oxygen atoms in total. The van der Waals surface area contributed by atoms with Crippen LogP contribution in [0.15, 0.2) is 47.4 Å². The molecule has 1 aliphatic rings. The minimum atomic E-state index is -0.990. The number of imide groups is 1. The van der Waals surface area contributed by atoms with Crippen molar-refractivity contribution in [1.29, 1.82) is 0 Å². The molecule has 1 saturated heterocycles. The number of thioether (sulfide) groups is 1. The normalized spacial score (nSPS) is 15.1. The Morgan fingerprint density at radius 2 is 1.90 bits per heavy atom. The molecular weight excluding hydrogens is 402 g/mol. The highest BCUT2D eigenvalue weighted by atomic mass is 32.2. The SMILES string of the molecule is COc1ccc(C=C2SC(=O)N(CCNC(=O)c3ccc(F)cc3F)C2=O)cc1. The lowest BCUT2D eigenvalue weighted by Crippen LogP contribution is -2.37. The van der Waals surface area contributed by atoms with Crippen LogP contribution in [0.1, 0.15) is 15.9 Å². The van der Waals surface area contributed by atoms with Gasteiger partial charge in [0.05, 0.1) is 17.6 Å². The van der Waals surface area contributed by atoms with Gasteiger partial charge in [-0.1, -0.05) is 12.1 Å². The molecule has 1 heterocycles. The Morgan fingerprint density at radius 1 is 1.17 bits per heavy atom. The summed E-state index contributed by atoms with van der Waals surface area (Å²) in [6, 6.07) is 9.58. The number of carbonyl (C=O) groups is 3. The molecule has 29 heavy (non-hydrogen) atoms. The number of hydrogen-bond donors (Lipinski definition) is 1. The number of methoxy groups -OCH3 is 1.